The quantitative estimate of drug-likeness (QED) is 0.0290. The molecule has 0 spiro atoms. The molecule has 0 aromatic carbocycles. The molecule has 308 valence electrons. The average molecular weight is 749 g/mol. The van der Waals surface area contributed by atoms with Gasteiger partial charge in [-0.2, -0.15) is 0 Å². The Balaban J connectivity index is 4.15. The van der Waals surface area contributed by atoms with E-state index in [1.807, 2.05) is 33.3 Å². The molecule has 0 fully saturated rings. The highest BCUT2D eigenvalue weighted by atomic mass is 16.6. The molecule has 1 N–H and O–H groups in total. The summed E-state index contributed by atoms with van der Waals surface area (Å²) in [5, 5.41) is 9.57. The van der Waals surface area contributed by atoms with Crippen LogP contribution >= 0.6 is 0 Å². The minimum Gasteiger partial charge on any atom is -0.477 e. The van der Waals surface area contributed by atoms with Gasteiger partial charge in [0, 0.05) is 19.3 Å². The third-order valence-electron chi connectivity index (χ3n) is 9.54. The predicted octanol–water partition coefficient (Wildman–Crippen LogP) is 11.5. The number of aliphatic carboxylic acids is 1. The highest BCUT2D eigenvalue weighted by Crippen LogP contribution is 2.14. The van der Waals surface area contributed by atoms with Crippen LogP contribution in [0.2, 0.25) is 0 Å². The number of carbonyl (C=O) groups excluding carboxylic acids is 2. The summed E-state index contributed by atoms with van der Waals surface area (Å²) in [4.78, 5) is 36.7. The first kappa shape index (κ1) is 50.5. The maximum Gasteiger partial charge on any atom is 0.362 e. The molecule has 0 bridgehead atoms. The summed E-state index contributed by atoms with van der Waals surface area (Å²) in [5.41, 5.74) is 0. The molecule has 0 aliphatic carbocycles. The maximum absolute atomic E-state index is 12.5. The van der Waals surface area contributed by atoms with Gasteiger partial charge in [-0.25, -0.2) is 4.79 Å². The van der Waals surface area contributed by atoms with E-state index in [1.165, 1.54) is 109 Å². The number of carboxylic acid groups (broad SMARTS) is 1. The van der Waals surface area contributed by atoms with E-state index in [2.05, 4.69) is 38.2 Å². The zero-order valence-electron chi connectivity index (χ0n) is 35.0. The van der Waals surface area contributed by atoms with Crippen LogP contribution in [-0.4, -0.2) is 80.6 Å². The van der Waals surface area contributed by atoms with Gasteiger partial charge in [-0.3, -0.25) is 9.59 Å². The number of hydrogen-bond donors (Lipinski definition) is 1. The van der Waals surface area contributed by atoms with Crippen molar-refractivity contribution in [2.75, 3.05) is 41.0 Å². The van der Waals surface area contributed by atoms with Gasteiger partial charge < -0.3 is 23.8 Å². The number of hydrogen-bond acceptors (Lipinski definition) is 6. The molecule has 0 aromatic rings. The highest BCUT2D eigenvalue weighted by molar-refractivity contribution is 5.72. The monoisotopic (exact) mass is 749 g/mol. The molecule has 8 nitrogen and oxygen atoms in total. The van der Waals surface area contributed by atoms with Crippen LogP contribution in [-0.2, 0) is 28.6 Å². The zero-order chi connectivity index (χ0) is 39.3. The van der Waals surface area contributed by atoms with Gasteiger partial charge in [0.25, 0.3) is 0 Å². The molecule has 2 atom stereocenters. The van der Waals surface area contributed by atoms with Crippen molar-refractivity contribution in [1.82, 2.24) is 0 Å². The number of rotatable bonds is 38. The fourth-order valence-corrected chi connectivity index (χ4v) is 6.21. The molecule has 2 unspecified atom stereocenters. The van der Waals surface area contributed by atoms with Crippen molar-refractivity contribution in [3.63, 3.8) is 0 Å². The lowest BCUT2D eigenvalue weighted by atomic mass is 10.0. The van der Waals surface area contributed by atoms with E-state index in [-0.39, 0.29) is 42.7 Å². The Hall–Kier alpha value is -2.45. The van der Waals surface area contributed by atoms with Crippen molar-refractivity contribution < 1.29 is 38.2 Å². The summed E-state index contributed by atoms with van der Waals surface area (Å²) >= 11 is 0. The Morgan fingerprint density at radius 2 is 1.09 bits per heavy atom. The first-order chi connectivity index (χ1) is 25.6. The summed E-state index contributed by atoms with van der Waals surface area (Å²) in [6, 6.07) is -0.622. The minimum atomic E-state index is -0.885. The molecule has 0 amide bonds. The van der Waals surface area contributed by atoms with E-state index in [1.54, 1.807) is 0 Å². The van der Waals surface area contributed by atoms with E-state index in [9.17, 15) is 19.5 Å². The minimum absolute atomic E-state index is 0.0370. The van der Waals surface area contributed by atoms with Gasteiger partial charge in [-0.05, 0) is 51.4 Å². The highest BCUT2D eigenvalue weighted by Gasteiger charge is 2.31. The van der Waals surface area contributed by atoms with E-state index in [0.717, 1.165) is 32.1 Å². The summed E-state index contributed by atoms with van der Waals surface area (Å²) in [7, 11) is 5.49. The lowest BCUT2D eigenvalue weighted by Gasteiger charge is -2.31. The van der Waals surface area contributed by atoms with Crippen LogP contribution in [0, 0.1) is 0 Å². The van der Waals surface area contributed by atoms with Crippen LogP contribution in [0.15, 0.2) is 36.5 Å². The van der Waals surface area contributed by atoms with Crippen LogP contribution in [0.5, 0.6) is 0 Å². The first-order valence-corrected chi connectivity index (χ1v) is 21.5. The van der Waals surface area contributed by atoms with Crippen molar-refractivity contribution >= 4 is 17.9 Å². The number of likely N-dealkylation sites (N-methyl/N-ethyl adjacent to an activating group) is 1. The molecule has 8 heteroatoms. The van der Waals surface area contributed by atoms with Gasteiger partial charge in [0.1, 0.15) is 6.61 Å². The predicted molar refractivity (Wildman–Crippen MR) is 220 cm³/mol. The van der Waals surface area contributed by atoms with Gasteiger partial charge in [0.05, 0.1) is 34.4 Å². The van der Waals surface area contributed by atoms with Crippen LogP contribution in [0.4, 0.5) is 0 Å². The standard InChI is InChI=1S/C45H81NO7/c1-6-8-10-12-14-15-16-17-18-19-20-21-22-23-24-25-26-27-28-30-31-33-35-43(47)52-40-41(39-51-38-37-42(45(49)50)46(3,4)5)53-44(48)36-34-32-29-13-11-9-7-2/h9,11,22-23,29,32,41-42H,6-8,10,12-21,24-28,30-31,33-40H2,1-5H3/p+1/b11-9+,23-22+,32-29+. The van der Waals surface area contributed by atoms with Gasteiger partial charge in [0.15, 0.2) is 12.1 Å². The van der Waals surface area contributed by atoms with E-state index < -0.39 is 18.1 Å². The molecule has 0 heterocycles. The van der Waals surface area contributed by atoms with E-state index in [0.29, 0.717) is 19.3 Å². The number of esters is 2. The normalized spacial score (nSPS) is 13.3. The van der Waals surface area contributed by atoms with Crippen LogP contribution < -0.4 is 0 Å². The summed E-state index contributed by atoms with van der Waals surface area (Å²) in [6.07, 6.45) is 41.0. The molecule has 0 saturated heterocycles. The number of ether oxygens (including phenoxy) is 3. The number of carbonyl (C=O) groups is 3. The van der Waals surface area contributed by atoms with Gasteiger partial charge >= 0.3 is 17.9 Å². The molecule has 0 rings (SSSR count). The maximum atomic E-state index is 12.5. The number of unbranched alkanes of at least 4 members (excludes halogenated alkanes) is 18. The summed E-state index contributed by atoms with van der Waals surface area (Å²) in [5.74, 6) is -1.57. The van der Waals surface area contributed by atoms with Crippen molar-refractivity contribution in [1.29, 1.82) is 0 Å². The van der Waals surface area contributed by atoms with Crippen molar-refractivity contribution in [2.45, 2.75) is 193 Å². The molecular weight excluding hydrogens is 666 g/mol. The van der Waals surface area contributed by atoms with Crippen molar-refractivity contribution in [2.24, 2.45) is 0 Å². The largest absolute Gasteiger partial charge is 0.477 e. The Morgan fingerprint density at radius 1 is 0.585 bits per heavy atom. The first-order valence-electron chi connectivity index (χ1n) is 21.5. The van der Waals surface area contributed by atoms with Gasteiger partial charge in [-0.1, -0.05) is 147 Å². The molecule has 53 heavy (non-hydrogen) atoms. The third-order valence-corrected chi connectivity index (χ3v) is 9.54. The van der Waals surface area contributed by atoms with E-state index >= 15 is 0 Å². The second kappa shape index (κ2) is 36.5. The third kappa shape index (κ3) is 35.0. The molecule has 0 radical (unpaired) electrons. The fraction of sp³-hybridized carbons (Fsp3) is 0.800. The zero-order valence-corrected chi connectivity index (χ0v) is 35.0. The molecule has 0 aromatic heterocycles. The second-order valence-corrected chi connectivity index (χ2v) is 15.6. The fourth-order valence-electron chi connectivity index (χ4n) is 6.21. The van der Waals surface area contributed by atoms with Crippen molar-refractivity contribution in [3.05, 3.63) is 36.5 Å². The smallest absolute Gasteiger partial charge is 0.362 e. The number of carboxylic acids is 1. The molecule has 0 aliphatic rings. The number of allylic oxidation sites excluding steroid dienone is 6. The SMILES string of the molecule is CC/C=C/C/C=C/CCC(=O)OC(COCCC(C(=O)O)[N+](C)(C)C)COC(=O)CCCCCCCCC/C=C/CCCCCCCCCCCCC. The Labute approximate surface area is 325 Å². The average Bonchev–Trinajstić information content (AvgIpc) is 3.11. The summed E-state index contributed by atoms with van der Waals surface area (Å²) < 4.78 is 17.1. The molecular formula is C45H82NO7+. The van der Waals surface area contributed by atoms with Crippen LogP contribution in [0.1, 0.15) is 181 Å². The van der Waals surface area contributed by atoms with Crippen LogP contribution in [0.3, 0.4) is 0 Å². The topological polar surface area (TPSA) is 99.1 Å². The Kier molecular flexibility index (Phi) is 34.8. The Morgan fingerprint density at radius 3 is 1.62 bits per heavy atom. The lowest BCUT2D eigenvalue weighted by molar-refractivity contribution is -0.887. The molecule has 0 aliphatic heterocycles. The Bertz CT molecular complexity index is 968. The second-order valence-electron chi connectivity index (χ2n) is 15.6. The van der Waals surface area contributed by atoms with Gasteiger partial charge in [-0.15, -0.1) is 0 Å². The van der Waals surface area contributed by atoms with E-state index in [4.69, 9.17) is 14.2 Å². The van der Waals surface area contributed by atoms with Crippen LogP contribution in [0.25, 0.3) is 0 Å². The lowest BCUT2D eigenvalue weighted by Crippen LogP contribution is -2.50. The number of nitrogens with zero attached hydrogens (tertiary/aromatic N) is 1. The molecule has 0 saturated carbocycles. The number of quaternary nitrogens is 1. The van der Waals surface area contributed by atoms with Crippen molar-refractivity contribution in [3.8, 4) is 0 Å². The summed E-state index contributed by atoms with van der Waals surface area (Å²) in [6.45, 7) is 4.52. The van der Waals surface area contributed by atoms with Gasteiger partial charge in [0.2, 0.25) is 0 Å².